The van der Waals surface area contributed by atoms with Gasteiger partial charge in [0.2, 0.25) is 0 Å². The summed E-state index contributed by atoms with van der Waals surface area (Å²) in [6, 6.07) is 19.9. The van der Waals surface area contributed by atoms with Crippen molar-refractivity contribution < 1.29 is 18.9 Å². The fourth-order valence-corrected chi connectivity index (χ4v) is 6.52. The zero-order valence-electron chi connectivity index (χ0n) is 15.0. The first-order valence-electron chi connectivity index (χ1n) is 8.97. The molecule has 4 nitrogen and oxygen atoms in total. The van der Waals surface area contributed by atoms with E-state index in [0.29, 0.717) is 37.8 Å². The Kier molecular flexibility index (Phi) is 5.23. The van der Waals surface area contributed by atoms with Gasteiger partial charge in [-0.25, -0.2) is 0 Å². The molecule has 2 aromatic rings. The minimum absolute atomic E-state index is 0.0816. The molecule has 2 aliphatic rings. The summed E-state index contributed by atoms with van der Waals surface area (Å²) in [6.45, 7) is 5.30. The molecule has 0 aromatic heterocycles. The number of ether oxygens (including phenoxy) is 4. The third kappa shape index (κ3) is 4.07. The molecule has 26 heavy (non-hydrogen) atoms. The van der Waals surface area contributed by atoms with Crippen LogP contribution in [0.25, 0.3) is 0 Å². The monoisotopic (exact) mass is 420 g/mol. The molecule has 4 rings (SSSR count). The summed E-state index contributed by atoms with van der Waals surface area (Å²) in [5, 5.41) is 0. The van der Waals surface area contributed by atoms with E-state index in [-0.39, 0.29) is 12.2 Å². The van der Waals surface area contributed by atoms with Gasteiger partial charge >= 0.3 is 161 Å². The maximum atomic E-state index is 6.21. The van der Waals surface area contributed by atoms with Crippen LogP contribution in [-0.4, -0.2) is 46.2 Å². The summed E-state index contributed by atoms with van der Waals surface area (Å²) in [5.74, 6) is 1.27. The van der Waals surface area contributed by atoms with Gasteiger partial charge < -0.3 is 0 Å². The van der Waals surface area contributed by atoms with Crippen LogP contribution in [0, 0.1) is 0 Å². The second-order valence-electron chi connectivity index (χ2n) is 7.03. The number of benzene rings is 2. The second-order valence-corrected chi connectivity index (χ2v) is 10.1. The first-order chi connectivity index (χ1) is 12.6. The van der Waals surface area contributed by atoms with Gasteiger partial charge in [-0.1, -0.05) is 0 Å². The summed E-state index contributed by atoms with van der Waals surface area (Å²) in [5.41, 5.74) is 0. The summed E-state index contributed by atoms with van der Waals surface area (Å²) in [7, 11) is 0. The molecule has 0 bridgehead atoms. The molecule has 2 aliphatic heterocycles. The van der Waals surface area contributed by atoms with Crippen molar-refractivity contribution in [2.45, 2.75) is 41.5 Å². The SMILES string of the molecule is CC1(C)O[C@H]2[C@H](O1)[C@H](COc1ccccc1)[Se][C@H]2COc1ccccc1. The van der Waals surface area contributed by atoms with E-state index in [4.69, 9.17) is 18.9 Å². The number of para-hydroxylation sites is 2. The van der Waals surface area contributed by atoms with Crippen LogP contribution in [-0.2, 0) is 9.47 Å². The predicted molar refractivity (Wildman–Crippen MR) is 101 cm³/mol. The van der Waals surface area contributed by atoms with E-state index in [1.165, 1.54) is 0 Å². The van der Waals surface area contributed by atoms with E-state index in [1.807, 2.05) is 74.5 Å². The average molecular weight is 419 g/mol. The van der Waals surface area contributed by atoms with Crippen LogP contribution < -0.4 is 9.47 Å². The standard InChI is InChI=1S/C21H24O4Se/c1-21(2)24-19-17(13-22-15-9-5-3-6-10-15)26-18(20(19)25-21)14-23-16-11-7-4-8-12-16/h3-12,17-20H,13-14H2,1-2H3/t17-,18-,19+,20+/m0/s1. The van der Waals surface area contributed by atoms with Crippen LogP contribution in [0.1, 0.15) is 13.8 Å². The van der Waals surface area contributed by atoms with Crippen molar-refractivity contribution >= 4 is 15.0 Å². The molecule has 4 atom stereocenters. The molecule has 0 spiro atoms. The third-order valence-electron chi connectivity index (χ3n) is 4.56. The molecular weight excluding hydrogens is 395 g/mol. The van der Waals surface area contributed by atoms with E-state index in [9.17, 15) is 0 Å². The Balaban J connectivity index is 1.41. The second kappa shape index (κ2) is 7.61. The van der Waals surface area contributed by atoms with Crippen LogP contribution in [0.4, 0.5) is 0 Å². The fourth-order valence-electron chi connectivity index (χ4n) is 3.43. The molecule has 0 N–H and O–H groups in total. The Morgan fingerprint density at radius 3 is 1.62 bits per heavy atom. The number of hydrogen-bond acceptors (Lipinski definition) is 4. The van der Waals surface area contributed by atoms with Gasteiger partial charge in [0.05, 0.1) is 0 Å². The van der Waals surface area contributed by atoms with Crippen molar-refractivity contribution in [1.82, 2.24) is 0 Å². The average Bonchev–Trinajstić information content (AvgIpc) is 3.13. The first-order valence-corrected chi connectivity index (χ1v) is 11.0. The Bertz CT molecular complexity index is 647. The van der Waals surface area contributed by atoms with Crippen molar-refractivity contribution in [1.29, 1.82) is 0 Å². The van der Waals surface area contributed by atoms with Gasteiger partial charge in [0, 0.05) is 0 Å². The fraction of sp³-hybridized carbons (Fsp3) is 0.429. The molecular formula is C21H24O4Se. The maximum absolute atomic E-state index is 6.21. The van der Waals surface area contributed by atoms with Crippen molar-refractivity contribution in [2.24, 2.45) is 0 Å². The number of rotatable bonds is 6. The molecule has 2 heterocycles. The summed E-state index contributed by atoms with van der Waals surface area (Å²) < 4.78 is 24.5. The topological polar surface area (TPSA) is 36.9 Å². The third-order valence-corrected chi connectivity index (χ3v) is 7.72. The number of hydrogen-bond donors (Lipinski definition) is 0. The van der Waals surface area contributed by atoms with E-state index < -0.39 is 5.79 Å². The molecule has 138 valence electrons. The van der Waals surface area contributed by atoms with Crippen LogP contribution in [0.5, 0.6) is 11.5 Å². The molecule has 0 aliphatic carbocycles. The van der Waals surface area contributed by atoms with E-state index in [2.05, 4.69) is 0 Å². The Morgan fingerprint density at radius 1 is 0.769 bits per heavy atom. The van der Waals surface area contributed by atoms with Crippen LogP contribution in [0.2, 0.25) is 9.63 Å². The van der Waals surface area contributed by atoms with Crippen molar-refractivity contribution in [3.63, 3.8) is 0 Å². The Labute approximate surface area is 160 Å². The molecule has 0 radical (unpaired) electrons. The van der Waals surface area contributed by atoms with E-state index >= 15 is 0 Å². The van der Waals surface area contributed by atoms with Gasteiger partial charge in [-0.05, 0) is 0 Å². The van der Waals surface area contributed by atoms with Gasteiger partial charge in [0.1, 0.15) is 0 Å². The molecule has 5 heteroatoms. The van der Waals surface area contributed by atoms with Crippen LogP contribution in [0.15, 0.2) is 60.7 Å². The Hall–Kier alpha value is -1.52. The zero-order chi connectivity index (χ0) is 18.0. The van der Waals surface area contributed by atoms with Gasteiger partial charge in [-0.3, -0.25) is 0 Å². The van der Waals surface area contributed by atoms with E-state index in [0.717, 1.165) is 11.5 Å². The molecule has 0 saturated carbocycles. The van der Waals surface area contributed by atoms with Gasteiger partial charge in [-0.15, -0.1) is 0 Å². The van der Waals surface area contributed by atoms with Crippen molar-refractivity contribution in [3.05, 3.63) is 60.7 Å². The normalized spacial score (nSPS) is 29.3. The minimum atomic E-state index is -0.540. The van der Waals surface area contributed by atoms with Crippen LogP contribution >= 0.6 is 0 Å². The first kappa shape index (κ1) is 17.9. The van der Waals surface area contributed by atoms with E-state index in [1.54, 1.807) is 0 Å². The quantitative estimate of drug-likeness (QED) is 0.665. The molecule has 2 fully saturated rings. The predicted octanol–water partition coefficient (Wildman–Crippen LogP) is 3.96. The summed E-state index contributed by atoms with van der Waals surface area (Å²) in [4.78, 5) is 0.720. The van der Waals surface area contributed by atoms with Crippen molar-refractivity contribution in [2.75, 3.05) is 13.2 Å². The zero-order valence-corrected chi connectivity index (χ0v) is 16.8. The number of fused-ring (bicyclic) bond motifs is 1. The van der Waals surface area contributed by atoms with Gasteiger partial charge in [-0.2, -0.15) is 0 Å². The molecule has 0 unspecified atom stereocenters. The van der Waals surface area contributed by atoms with Gasteiger partial charge in [0.15, 0.2) is 0 Å². The Morgan fingerprint density at radius 2 is 1.19 bits per heavy atom. The van der Waals surface area contributed by atoms with Crippen molar-refractivity contribution in [3.8, 4) is 11.5 Å². The molecule has 0 amide bonds. The summed E-state index contributed by atoms with van der Waals surface area (Å²) >= 11 is 0.329. The molecule has 2 saturated heterocycles. The van der Waals surface area contributed by atoms with Crippen LogP contribution in [0.3, 0.4) is 0 Å². The van der Waals surface area contributed by atoms with Gasteiger partial charge in [0.25, 0.3) is 0 Å². The molecule has 2 aromatic carbocycles. The summed E-state index contributed by atoms with van der Waals surface area (Å²) in [6.07, 6.45) is 0.163.